The van der Waals surface area contributed by atoms with Gasteiger partial charge in [0, 0.05) is 6.54 Å². The maximum Gasteiger partial charge on any atom is 0.341 e. The van der Waals surface area contributed by atoms with Gasteiger partial charge in [0.1, 0.15) is 10.8 Å². The van der Waals surface area contributed by atoms with Crippen molar-refractivity contribution >= 4 is 45.9 Å². The third-order valence-electron chi connectivity index (χ3n) is 3.72. The van der Waals surface area contributed by atoms with Gasteiger partial charge in [-0.1, -0.05) is 17.8 Å². The average Bonchev–Trinajstić information content (AvgIpc) is 3.13. The van der Waals surface area contributed by atoms with Gasteiger partial charge in [0.25, 0.3) is 5.91 Å². The molecule has 0 radical (unpaired) electrons. The van der Waals surface area contributed by atoms with Gasteiger partial charge in [-0.25, -0.2) is 4.79 Å². The fourth-order valence-electron chi connectivity index (χ4n) is 2.46. The van der Waals surface area contributed by atoms with Crippen LogP contribution in [-0.2, 0) is 16.1 Å². The number of aryl methyl sites for hydroxylation is 1. The molecule has 156 valence electrons. The Balaban J connectivity index is 2.19. The lowest BCUT2D eigenvalue weighted by molar-refractivity contribution is -0.113. The summed E-state index contributed by atoms with van der Waals surface area (Å²) < 4.78 is 7.07. The number of allylic oxidation sites excluding steroid dienone is 1. The molecule has 2 rings (SSSR count). The van der Waals surface area contributed by atoms with Gasteiger partial charge in [-0.05, 0) is 33.3 Å². The van der Waals surface area contributed by atoms with Gasteiger partial charge in [0.15, 0.2) is 5.16 Å². The summed E-state index contributed by atoms with van der Waals surface area (Å²) in [6.45, 7) is 11.1. The number of amides is 2. The molecule has 9 nitrogen and oxygen atoms in total. The maximum atomic E-state index is 12.5. The van der Waals surface area contributed by atoms with Gasteiger partial charge in [-0.15, -0.1) is 28.1 Å². The Morgan fingerprint density at radius 3 is 2.62 bits per heavy atom. The number of thioether (sulfide) groups is 1. The zero-order chi connectivity index (χ0) is 21.7. The molecule has 0 unspecified atom stereocenters. The molecule has 0 atom stereocenters. The zero-order valence-corrected chi connectivity index (χ0v) is 18.3. The third kappa shape index (κ3) is 5.45. The second-order valence-corrected chi connectivity index (χ2v) is 8.31. The van der Waals surface area contributed by atoms with Crippen LogP contribution >= 0.6 is 23.1 Å². The minimum Gasteiger partial charge on any atom is -0.459 e. The number of nitrogens with two attached hydrogens (primary N) is 1. The maximum absolute atomic E-state index is 12.5. The smallest absolute Gasteiger partial charge is 0.341 e. The van der Waals surface area contributed by atoms with Crippen molar-refractivity contribution in [2.24, 2.45) is 5.73 Å². The summed E-state index contributed by atoms with van der Waals surface area (Å²) in [6, 6.07) is 0. The van der Waals surface area contributed by atoms with Gasteiger partial charge in [-0.3, -0.25) is 9.59 Å². The summed E-state index contributed by atoms with van der Waals surface area (Å²) in [5.41, 5.74) is 5.91. The van der Waals surface area contributed by atoms with E-state index in [-0.39, 0.29) is 33.2 Å². The van der Waals surface area contributed by atoms with E-state index in [1.54, 1.807) is 26.8 Å². The summed E-state index contributed by atoms with van der Waals surface area (Å²) in [5.74, 6) is -0.903. The van der Waals surface area contributed by atoms with E-state index in [9.17, 15) is 14.4 Å². The highest BCUT2D eigenvalue weighted by atomic mass is 32.2. The van der Waals surface area contributed by atoms with Crippen molar-refractivity contribution in [3.05, 3.63) is 34.5 Å². The average molecular weight is 438 g/mol. The number of esters is 1. The summed E-state index contributed by atoms with van der Waals surface area (Å²) in [4.78, 5) is 36.8. The van der Waals surface area contributed by atoms with Crippen molar-refractivity contribution < 1.29 is 19.1 Å². The number of nitrogens with zero attached hydrogens (tertiary/aromatic N) is 3. The molecule has 2 amide bonds. The molecule has 2 aromatic rings. The Labute approximate surface area is 176 Å². The summed E-state index contributed by atoms with van der Waals surface area (Å²) >= 11 is 2.16. The van der Waals surface area contributed by atoms with E-state index in [1.165, 1.54) is 11.8 Å². The molecule has 0 aliphatic rings. The summed E-state index contributed by atoms with van der Waals surface area (Å²) in [6.07, 6.45) is 1.37. The largest absolute Gasteiger partial charge is 0.459 e. The molecule has 0 spiro atoms. The lowest BCUT2D eigenvalue weighted by Gasteiger charge is -2.10. The van der Waals surface area contributed by atoms with Crippen molar-refractivity contribution in [1.82, 2.24) is 14.8 Å². The standard InChI is InChI=1S/C18H23N5O4S2/c1-6-7-23-11(5)21-22-18(23)28-8-12(24)20-16-13(17(26)27-9(2)3)10(4)14(29-16)15(19)25/h6,9H,1,7-8H2,2-5H3,(H2,19,25)(H,20,24). The predicted octanol–water partition coefficient (Wildman–Crippen LogP) is 2.54. The highest BCUT2D eigenvalue weighted by Gasteiger charge is 2.26. The van der Waals surface area contributed by atoms with Crippen LogP contribution in [-0.4, -0.2) is 44.4 Å². The lowest BCUT2D eigenvalue weighted by Crippen LogP contribution is -2.18. The number of nitrogens with one attached hydrogen (secondary N) is 1. The van der Waals surface area contributed by atoms with E-state index < -0.39 is 11.9 Å². The molecule has 3 N–H and O–H groups in total. The van der Waals surface area contributed by atoms with Crippen molar-refractivity contribution in [3.8, 4) is 0 Å². The van der Waals surface area contributed by atoms with Crippen molar-refractivity contribution in [3.63, 3.8) is 0 Å². The van der Waals surface area contributed by atoms with E-state index in [0.29, 0.717) is 23.1 Å². The number of ether oxygens (including phenoxy) is 1. The Morgan fingerprint density at radius 2 is 2.03 bits per heavy atom. The number of anilines is 1. The van der Waals surface area contributed by atoms with Crippen LogP contribution in [0.15, 0.2) is 17.8 Å². The van der Waals surface area contributed by atoms with Gasteiger partial charge < -0.3 is 20.4 Å². The Morgan fingerprint density at radius 1 is 1.34 bits per heavy atom. The summed E-state index contributed by atoms with van der Waals surface area (Å²) in [5, 5.41) is 11.5. The van der Waals surface area contributed by atoms with Crippen LogP contribution in [0.2, 0.25) is 0 Å². The SMILES string of the molecule is C=CCn1c(C)nnc1SCC(=O)Nc1sc(C(N)=O)c(C)c1C(=O)OC(C)C. The van der Waals surface area contributed by atoms with Gasteiger partial charge in [-0.2, -0.15) is 0 Å². The van der Waals surface area contributed by atoms with Crippen LogP contribution in [0.3, 0.4) is 0 Å². The van der Waals surface area contributed by atoms with Crippen LogP contribution in [0.4, 0.5) is 5.00 Å². The monoisotopic (exact) mass is 437 g/mol. The Bertz CT molecular complexity index is 948. The first-order valence-electron chi connectivity index (χ1n) is 8.73. The molecular weight excluding hydrogens is 414 g/mol. The Hall–Kier alpha value is -2.66. The number of hydrogen-bond acceptors (Lipinski definition) is 8. The first-order chi connectivity index (χ1) is 13.6. The first-order valence-corrected chi connectivity index (χ1v) is 10.5. The molecule has 2 aromatic heterocycles. The van der Waals surface area contributed by atoms with Crippen molar-refractivity contribution in [1.29, 1.82) is 0 Å². The second kappa shape index (κ2) is 9.70. The minimum absolute atomic E-state index is 0.0385. The minimum atomic E-state index is -0.672. The highest BCUT2D eigenvalue weighted by molar-refractivity contribution is 7.99. The molecule has 0 aromatic carbocycles. The fraction of sp³-hybridized carbons (Fsp3) is 0.389. The second-order valence-electron chi connectivity index (χ2n) is 6.34. The van der Waals surface area contributed by atoms with Crippen LogP contribution < -0.4 is 11.1 Å². The van der Waals surface area contributed by atoms with E-state index in [1.807, 2.05) is 11.5 Å². The van der Waals surface area contributed by atoms with Gasteiger partial charge >= 0.3 is 5.97 Å². The number of carbonyl (C=O) groups excluding carboxylic acids is 3. The topological polar surface area (TPSA) is 129 Å². The van der Waals surface area contributed by atoms with Crippen molar-refractivity contribution in [2.45, 2.75) is 45.5 Å². The van der Waals surface area contributed by atoms with E-state index >= 15 is 0 Å². The van der Waals surface area contributed by atoms with Crippen LogP contribution in [0.5, 0.6) is 0 Å². The number of hydrogen-bond donors (Lipinski definition) is 2. The molecule has 0 bridgehead atoms. The molecular formula is C18H23N5O4S2. The first kappa shape index (κ1) is 22.6. The van der Waals surface area contributed by atoms with Crippen LogP contribution in [0, 0.1) is 13.8 Å². The molecule has 0 saturated carbocycles. The molecule has 29 heavy (non-hydrogen) atoms. The number of primary amides is 1. The molecule has 0 fully saturated rings. The molecule has 0 saturated heterocycles. The lowest BCUT2D eigenvalue weighted by atomic mass is 10.1. The van der Waals surface area contributed by atoms with Gasteiger partial charge in [0.2, 0.25) is 5.91 Å². The normalized spacial score (nSPS) is 10.8. The molecule has 11 heteroatoms. The van der Waals surface area contributed by atoms with E-state index in [4.69, 9.17) is 10.5 Å². The van der Waals surface area contributed by atoms with Crippen molar-refractivity contribution in [2.75, 3.05) is 11.1 Å². The van der Waals surface area contributed by atoms with E-state index in [2.05, 4.69) is 22.1 Å². The van der Waals surface area contributed by atoms with Gasteiger partial charge in [0.05, 0.1) is 22.3 Å². The third-order valence-corrected chi connectivity index (χ3v) is 5.90. The molecule has 2 heterocycles. The quantitative estimate of drug-likeness (QED) is 0.350. The van der Waals surface area contributed by atoms with E-state index in [0.717, 1.165) is 11.3 Å². The fourth-order valence-corrected chi connectivity index (χ4v) is 4.31. The zero-order valence-electron chi connectivity index (χ0n) is 16.6. The highest BCUT2D eigenvalue weighted by Crippen LogP contribution is 2.34. The number of thiophene rings is 1. The van der Waals surface area contributed by atoms with Crippen LogP contribution in [0.1, 0.15) is 45.3 Å². The number of carbonyl (C=O) groups is 3. The van der Waals surface area contributed by atoms with Crippen LogP contribution in [0.25, 0.3) is 0 Å². The number of aromatic nitrogens is 3. The molecule has 0 aliphatic heterocycles. The Kier molecular flexibility index (Phi) is 7.57. The summed E-state index contributed by atoms with van der Waals surface area (Å²) in [7, 11) is 0. The predicted molar refractivity (Wildman–Crippen MR) is 112 cm³/mol. The molecule has 0 aliphatic carbocycles. The number of rotatable bonds is 9.